The van der Waals surface area contributed by atoms with Gasteiger partial charge in [-0.25, -0.2) is 4.79 Å². The third-order valence-corrected chi connectivity index (χ3v) is 5.87. The molecule has 0 bridgehead atoms. The van der Waals surface area contributed by atoms with Gasteiger partial charge in [-0.3, -0.25) is 9.69 Å². The Morgan fingerprint density at radius 3 is 2.28 bits per heavy atom. The first-order valence-corrected chi connectivity index (χ1v) is 9.75. The van der Waals surface area contributed by atoms with E-state index in [1.165, 1.54) is 4.90 Å². The van der Waals surface area contributed by atoms with Crippen LogP contribution in [0, 0.1) is 5.41 Å². The quantitative estimate of drug-likeness (QED) is 0.786. The van der Waals surface area contributed by atoms with E-state index in [-0.39, 0.29) is 0 Å². The molecule has 2 atom stereocenters. The van der Waals surface area contributed by atoms with Crippen LogP contribution in [0.2, 0.25) is 0 Å². The minimum absolute atomic E-state index is 0.398. The van der Waals surface area contributed by atoms with Crippen LogP contribution in [0.15, 0.2) is 54.6 Å². The molecule has 0 aliphatic carbocycles. The van der Waals surface area contributed by atoms with Crippen molar-refractivity contribution in [3.05, 3.63) is 65.7 Å². The van der Waals surface area contributed by atoms with Gasteiger partial charge in [-0.2, -0.15) is 0 Å². The van der Waals surface area contributed by atoms with Gasteiger partial charge in [0, 0.05) is 0 Å². The Hall–Kier alpha value is -3.02. The molecule has 6 heteroatoms. The van der Waals surface area contributed by atoms with Crippen LogP contribution in [0.5, 0.6) is 5.75 Å². The molecule has 1 aliphatic heterocycles. The minimum Gasteiger partial charge on any atom is -0.489 e. The van der Waals surface area contributed by atoms with Gasteiger partial charge < -0.3 is 15.6 Å². The van der Waals surface area contributed by atoms with E-state index in [1.807, 2.05) is 75.4 Å². The van der Waals surface area contributed by atoms with Crippen molar-refractivity contribution < 1.29 is 19.4 Å². The first-order chi connectivity index (χ1) is 13.7. The summed E-state index contributed by atoms with van der Waals surface area (Å²) in [6, 6.07) is 16.8. The Balaban J connectivity index is 1.82. The lowest BCUT2D eigenvalue weighted by Gasteiger charge is -2.45. The smallest absolute Gasteiger partial charge is 0.408 e. The van der Waals surface area contributed by atoms with E-state index in [0.29, 0.717) is 25.2 Å². The molecule has 6 nitrogen and oxygen atoms in total. The van der Waals surface area contributed by atoms with E-state index in [2.05, 4.69) is 0 Å². The number of ether oxygens (including phenoxy) is 1. The lowest BCUT2D eigenvalue weighted by molar-refractivity contribution is -0.135. The highest BCUT2D eigenvalue weighted by atomic mass is 16.5. The SMILES string of the molecule is CC(C)(C)[C@]1(C(N)=O)CC[C@H](c2ccc(OCc3ccccc3)cc2)N1C(=O)O. The highest BCUT2D eigenvalue weighted by Crippen LogP contribution is 2.51. The van der Waals surface area contributed by atoms with Crippen molar-refractivity contribution in [3.8, 4) is 5.75 Å². The number of carboxylic acid groups (broad SMARTS) is 1. The molecule has 0 spiro atoms. The molecule has 3 N–H and O–H groups in total. The van der Waals surface area contributed by atoms with Crippen molar-refractivity contribution in [2.75, 3.05) is 0 Å². The fourth-order valence-corrected chi connectivity index (χ4v) is 4.35. The van der Waals surface area contributed by atoms with Crippen molar-refractivity contribution in [2.45, 2.75) is 51.8 Å². The predicted molar refractivity (Wildman–Crippen MR) is 110 cm³/mol. The maximum Gasteiger partial charge on any atom is 0.408 e. The standard InChI is InChI=1S/C23H28N2O4/c1-22(2,3)23(20(24)26)14-13-19(25(23)21(27)28)17-9-11-18(12-10-17)29-15-16-7-5-4-6-8-16/h4-12,19H,13-15H2,1-3H3,(H2,24,26)(H,27,28)/t19-,23-/m1/s1. The van der Waals surface area contributed by atoms with Gasteiger partial charge in [0.2, 0.25) is 5.91 Å². The monoisotopic (exact) mass is 396 g/mol. The normalized spacial score (nSPS) is 21.8. The van der Waals surface area contributed by atoms with Gasteiger partial charge in [0.05, 0.1) is 6.04 Å². The average molecular weight is 396 g/mol. The van der Waals surface area contributed by atoms with E-state index >= 15 is 0 Å². The predicted octanol–water partition coefficient (Wildman–Crippen LogP) is 4.35. The molecular weight excluding hydrogens is 368 g/mol. The van der Waals surface area contributed by atoms with Crippen LogP contribution in [-0.4, -0.2) is 27.5 Å². The lowest BCUT2D eigenvalue weighted by atomic mass is 9.71. The van der Waals surface area contributed by atoms with Crippen LogP contribution in [0.4, 0.5) is 4.79 Å². The number of primary amides is 1. The second kappa shape index (κ2) is 7.78. The topological polar surface area (TPSA) is 92.9 Å². The largest absolute Gasteiger partial charge is 0.489 e. The summed E-state index contributed by atoms with van der Waals surface area (Å²) in [4.78, 5) is 25.9. The molecule has 2 aromatic carbocycles. The van der Waals surface area contributed by atoms with Gasteiger partial charge in [0.1, 0.15) is 17.9 Å². The number of rotatable bonds is 5. The Morgan fingerprint density at radius 2 is 1.76 bits per heavy atom. The summed E-state index contributed by atoms with van der Waals surface area (Å²) in [5, 5.41) is 9.95. The zero-order valence-corrected chi connectivity index (χ0v) is 17.1. The Labute approximate surface area is 171 Å². The summed E-state index contributed by atoms with van der Waals surface area (Å²) in [5.41, 5.74) is 5.77. The third kappa shape index (κ3) is 3.79. The van der Waals surface area contributed by atoms with E-state index in [4.69, 9.17) is 10.5 Å². The fraction of sp³-hybridized carbons (Fsp3) is 0.391. The Morgan fingerprint density at radius 1 is 1.14 bits per heavy atom. The molecule has 1 heterocycles. The number of benzene rings is 2. The van der Waals surface area contributed by atoms with Crippen molar-refractivity contribution >= 4 is 12.0 Å². The first-order valence-electron chi connectivity index (χ1n) is 9.75. The molecule has 29 heavy (non-hydrogen) atoms. The number of nitrogens with zero attached hydrogens (tertiary/aromatic N) is 1. The number of hydrogen-bond donors (Lipinski definition) is 2. The van der Waals surface area contributed by atoms with Gasteiger partial charge >= 0.3 is 6.09 Å². The summed E-state index contributed by atoms with van der Waals surface area (Å²) >= 11 is 0. The van der Waals surface area contributed by atoms with Crippen LogP contribution in [0.3, 0.4) is 0 Å². The fourth-order valence-electron chi connectivity index (χ4n) is 4.35. The van der Waals surface area contributed by atoms with E-state index in [0.717, 1.165) is 11.1 Å². The van der Waals surface area contributed by atoms with Crippen LogP contribution in [-0.2, 0) is 11.4 Å². The minimum atomic E-state index is -1.24. The zero-order chi connectivity index (χ0) is 21.2. The molecule has 0 aromatic heterocycles. The molecular formula is C23H28N2O4. The molecule has 1 saturated heterocycles. The van der Waals surface area contributed by atoms with Gasteiger partial charge in [0.15, 0.2) is 0 Å². The number of nitrogens with two attached hydrogens (primary N) is 1. The summed E-state index contributed by atoms with van der Waals surface area (Å²) < 4.78 is 5.81. The summed E-state index contributed by atoms with van der Waals surface area (Å²) in [6.45, 7) is 6.03. The summed E-state index contributed by atoms with van der Waals surface area (Å²) in [5.74, 6) is 0.104. The van der Waals surface area contributed by atoms with Crippen molar-refractivity contribution in [1.82, 2.24) is 4.90 Å². The maximum atomic E-state index is 12.4. The van der Waals surface area contributed by atoms with Crippen LogP contribution in [0.1, 0.15) is 50.8 Å². The number of amides is 2. The average Bonchev–Trinajstić information content (AvgIpc) is 3.10. The number of carbonyl (C=O) groups excluding carboxylic acids is 1. The molecule has 3 rings (SSSR count). The van der Waals surface area contributed by atoms with E-state index in [9.17, 15) is 14.7 Å². The van der Waals surface area contributed by atoms with Crippen molar-refractivity contribution in [3.63, 3.8) is 0 Å². The molecule has 2 aromatic rings. The second-order valence-electron chi connectivity index (χ2n) is 8.52. The van der Waals surface area contributed by atoms with E-state index in [1.54, 1.807) is 0 Å². The van der Waals surface area contributed by atoms with Gasteiger partial charge in [-0.05, 0) is 41.5 Å². The molecule has 1 aliphatic rings. The second-order valence-corrected chi connectivity index (χ2v) is 8.52. The van der Waals surface area contributed by atoms with Gasteiger partial charge in [-0.15, -0.1) is 0 Å². The third-order valence-electron chi connectivity index (χ3n) is 5.87. The highest BCUT2D eigenvalue weighted by Gasteiger charge is 2.59. The Kier molecular flexibility index (Phi) is 5.55. The van der Waals surface area contributed by atoms with E-state index < -0.39 is 29.0 Å². The zero-order valence-electron chi connectivity index (χ0n) is 17.1. The number of hydrogen-bond acceptors (Lipinski definition) is 3. The summed E-state index contributed by atoms with van der Waals surface area (Å²) in [6.07, 6.45) is -0.197. The van der Waals surface area contributed by atoms with Crippen LogP contribution >= 0.6 is 0 Å². The molecule has 2 amide bonds. The molecule has 1 fully saturated rings. The van der Waals surface area contributed by atoms with Gasteiger partial charge in [-0.1, -0.05) is 63.2 Å². The summed E-state index contributed by atoms with van der Waals surface area (Å²) in [7, 11) is 0. The number of likely N-dealkylation sites (tertiary alicyclic amines) is 1. The maximum absolute atomic E-state index is 12.4. The molecule has 0 saturated carbocycles. The molecule has 0 unspecified atom stereocenters. The molecule has 154 valence electrons. The highest BCUT2D eigenvalue weighted by molar-refractivity contribution is 5.90. The van der Waals surface area contributed by atoms with Crippen molar-refractivity contribution in [2.24, 2.45) is 11.1 Å². The first kappa shape index (κ1) is 20.7. The molecule has 0 radical (unpaired) electrons. The van der Waals surface area contributed by atoms with Crippen LogP contribution < -0.4 is 10.5 Å². The van der Waals surface area contributed by atoms with Crippen molar-refractivity contribution in [1.29, 1.82) is 0 Å². The van der Waals surface area contributed by atoms with Crippen LogP contribution in [0.25, 0.3) is 0 Å². The Bertz CT molecular complexity index is 874. The van der Waals surface area contributed by atoms with Gasteiger partial charge in [0.25, 0.3) is 0 Å². The lowest BCUT2D eigenvalue weighted by Crippen LogP contribution is -2.63. The number of carbonyl (C=O) groups is 2.